The van der Waals surface area contributed by atoms with Crippen LogP contribution in [0.1, 0.15) is 64.5 Å². The van der Waals surface area contributed by atoms with E-state index >= 15 is 0 Å². The van der Waals surface area contributed by atoms with Crippen molar-refractivity contribution in [1.29, 1.82) is 0 Å². The van der Waals surface area contributed by atoms with Gasteiger partial charge in [0.1, 0.15) is 0 Å². The molecule has 2 heteroatoms. The summed E-state index contributed by atoms with van der Waals surface area (Å²) in [6.07, 6.45) is 9.19. The Bertz CT molecular complexity index is 1730. The van der Waals surface area contributed by atoms with Crippen LogP contribution < -0.4 is 4.90 Å². The van der Waals surface area contributed by atoms with E-state index in [1.807, 2.05) is 0 Å². The molecule has 7 rings (SSSR count). The van der Waals surface area contributed by atoms with Crippen molar-refractivity contribution in [3.8, 4) is 0 Å². The fourth-order valence-corrected chi connectivity index (χ4v) is 7.97. The van der Waals surface area contributed by atoms with Crippen LogP contribution in [0.2, 0.25) is 0 Å². The van der Waals surface area contributed by atoms with Gasteiger partial charge in [-0.05, 0) is 96.0 Å². The molecule has 1 aliphatic heterocycles. The number of aryl methyl sites for hydroxylation is 1. The van der Waals surface area contributed by atoms with Crippen molar-refractivity contribution >= 4 is 29.2 Å². The summed E-state index contributed by atoms with van der Waals surface area (Å²) in [5, 5.41) is 0. The van der Waals surface area contributed by atoms with Crippen molar-refractivity contribution in [2.75, 3.05) is 4.90 Å². The number of hydrogen-bond acceptors (Lipinski definition) is 2. The predicted octanol–water partition coefficient (Wildman–Crippen LogP) is 11.5. The summed E-state index contributed by atoms with van der Waals surface area (Å²) in [5.41, 5.74) is 10.8. The van der Waals surface area contributed by atoms with Crippen LogP contribution >= 0.6 is 11.8 Å². The van der Waals surface area contributed by atoms with Crippen molar-refractivity contribution in [2.24, 2.45) is 0 Å². The van der Waals surface area contributed by atoms with Crippen molar-refractivity contribution in [1.82, 2.24) is 0 Å². The highest BCUT2D eigenvalue weighted by Crippen LogP contribution is 2.52. The number of benzene rings is 5. The van der Waals surface area contributed by atoms with Gasteiger partial charge in [-0.1, -0.05) is 128 Å². The molecule has 0 bridgehead atoms. The van der Waals surface area contributed by atoms with E-state index in [1.165, 1.54) is 68.9 Å². The van der Waals surface area contributed by atoms with Crippen LogP contribution in [0, 0.1) is 6.92 Å². The van der Waals surface area contributed by atoms with Crippen molar-refractivity contribution in [3.05, 3.63) is 178 Å². The molecule has 2 unspecified atom stereocenters. The molecule has 0 saturated heterocycles. The third kappa shape index (κ3) is 5.92. The van der Waals surface area contributed by atoms with Crippen LogP contribution in [0.5, 0.6) is 0 Å². The SMILES string of the molecule is C=C(/C=C/c1ccc2c(c1)C1CCCC1N2c1ccc(CC(c2ccccc2)c2ccccc2)cc1)Sc1ccccc1C. The Hall–Kier alpha value is -4.27. The summed E-state index contributed by atoms with van der Waals surface area (Å²) in [6.45, 7) is 6.47. The van der Waals surface area contributed by atoms with E-state index in [2.05, 4.69) is 158 Å². The van der Waals surface area contributed by atoms with Crippen LogP contribution in [0.4, 0.5) is 11.4 Å². The van der Waals surface area contributed by atoms with Crippen LogP contribution in [0.25, 0.3) is 6.08 Å². The zero-order valence-electron chi connectivity index (χ0n) is 25.4. The second kappa shape index (κ2) is 12.8. The smallest absolute Gasteiger partial charge is 0.0450 e. The fraction of sp³-hybridized carbons (Fsp3) is 0.190. The van der Waals surface area contributed by atoms with Crippen molar-refractivity contribution in [3.63, 3.8) is 0 Å². The molecular formula is C42H39NS. The van der Waals surface area contributed by atoms with E-state index in [1.54, 1.807) is 11.8 Å². The topological polar surface area (TPSA) is 3.24 Å². The minimum Gasteiger partial charge on any atom is -0.338 e. The molecule has 0 radical (unpaired) electrons. The van der Waals surface area contributed by atoms with E-state index in [4.69, 9.17) is 0 Å². The highest BCUT2D eigenvalue weighted by atomic mass is 32.2. The first-order valence-electron chi connectivity index (χ1n) is 15.9. The molecule has 5 aromatic rings. The maximum atomic E-state index is 4.31. The number of hydrogen-bond donors (Lipinski definition) is 0. The first-order chi connectivity index (χ1) is 21.6. The molecule has 2 aliphatic rings. The molecule has 218 valence electrons. The Morgan fingerprint density at radius 3 is 2.20 bits per heavy atom. The Kier molecular flexibility index (Phi) is 8.27. The zero-order chi connectivity index (χ0) is 29.9. The maximum absolute atomic E-state index is 4.31. The summed E-state index contributed by atoms with van der Waals surface area (Å²) in [7, 11) is 0. The van der Waals surface area contributed by atoms with Crippen LogP contribution in [-0.4, -0.2) is 6.04 Å². The lowest BCUT2D eigenvalue weighted by Gasteiger charge is -2.27. The van der Waals surface area contributed by atoms with Crippen LogP contribution in [0.3, 0.4) is 0 Å². The molecule has 5 aromatic carbocycles. The summed E-state index contributed by atoms with van der Waals surface area (Å²) in [4.78, 5) is 4.95. The summed E-state index contributed by atoms with van der Waals surface area (Å²) >= 11 is 1.74. The standard InChI is InChI=1S/C42H39NS/c1-30-12-9-10-19-42(30)44-31(2)20-21-32-24-27-41-39(29-32)37-17-11-18-40(37)43(41)36-25-22-33(23-26-36)28-38(34-13-5-3-6-14-34)35-15-7-4-8-16-35/h3-10,12-16,19-27,29,37-38,40H,2,11,17-18,28H2,1H3/b21-20+. The first-order valence-corrected chi connectivity index (χ1v) is 16.7. The third-order valence-corrected chi connectivity index (χ3v) is 10.5. The Morgan fingerprint density at radius 2 is 1.50 bits per heavy atom. The molecule has 0 N–H and O–H groups in total. The largest absolute Gasteiger partial charge is 0.338 e. The predicted molar refractivity (Wildman–Crippen MR) is 189 cm³/mol. The lowest BCUT2D eigenvalue weighted by molar-refractivity contribution is 0.641. The van der Waals surface area contributed by atoms with E-state index in [0.717, 1.165) is 11.3 Å². The molecule has 0 spiro atoms. The number of thioether (sulfide) groups is 1. The third-order valence-electron chi connectivity index (χ3n) is 9.38. The number of rotatable bonds is 9. The molecule has 2 atom stereocenters. The van der Waals surface area contributed by atoms with Gasteiger partial charge >= 0.3 is 0 Å². The highest BCUT2D eigenvalue weighted by Gasteiger charge is 2.42. The van der Waals surface area contributed by atoms with Gasteiger partial charge in [-0.2, -0.15) is 0 Å². The molecule has 1 heterocycles. The Morgan fingerprint density at radius 1 is 0.818 bits per heavy atom. The molecule has 1 nitrogen and oxygen atoms in total. The monoisotopic (exact) mass is 589 g/mol. The molecule has 1 saturated carbocycles. The van der Waals surface area contributed by atoms with Gasteiger partial charge in [0.15, 0.2) is 0 Å². The fourth-order valence-electron chi connectivity index (χ4n) is 7.18. The molecule has 0 aromatic heterocycles. The summed E-state index contributed by atoms with van der Waals surface area (Å²) in [6, 6.07) is 47.4. The van der Waals surface area contributed by atoms with E-state index in [0.29, 0.717) is 17.9 Å². The molecular weight excluding hydrogens is 551 g/mol. The number of allylic oxidation sites excluding steroid dienone is 1. The first kappa shape index (κ1) is 28.5. The molecule has 1 fully saturated rings. The van der Waals surface area contributed by atoms with Gasteiger partial charge in [0.25, 0.3) is 0 Å². The second-order valence-electron chi connectivity index (χ2n) is 12.2. The van der Waals surface area contributed by atoms with Gasteiger partial charge in [0.2, 0.25) is 0 Å². The lowest BCUT2D eigenvalue weighted by Crippen LogP contribution is -2.26. The minimum atomic E-state index is 0.340. The maximum Gasteiger partial charge on any atom is 0.0450 e. The molecule has 44 heavy (non-hydrogen) atoms. The van der Waals surface area contributed by atoms with Crippen LogP contribution in [-0.2, 0) is 6.42 Å². The molecule has 0 amide bonds. The molecule has 1 aliphatic carbocycles. The average molecular weight is 590 g/mol. The lowest BCUT2D eigenvalue weighted by atomic mass is 9.86. The van der Waals surface area contributed by atoms with Gasteiger partial charge in [-0.15, -0.1) is 0 Å². The number of anilines is 2. The Labute approximate surface area is 267 Å². The minimum absolute atomic E-state index is 0.340. The quantitative estimate of drug-likeness (QED) is 0.124. The van der Waals surface area contributed by atoms with E-state index < -0.39 is 0 Å². The van der Waals surface area contributed by atoms with Gasteiger partial charge in [0, 0.05) is 39.1 Å². The van der Waals surface area contributed by atoms with Crippen molar-refractivity contribution in [2.45, 2.75) is 55.4 Å². The van der Waals surface area contributed by atoms with Crippen molar-refractivity contribution < 1.29 is 0 Å². The average Bonchev–Trinajstić information content (AvgIpc) is 3.66. The normalized spacial score (nSPS) is 17.3. The van der Waals surface area contributed by atoms with Gasteiger partial charge in [0.05, 0.1) is 0 Å². The van der Waals surface area contributed by atoms with E-state index in [9.17, 15) is 0 Å². The van der Waals surface area contributed by atoms with Gasteiger partial charge in [-0.3, -0.25) is 0 Å². The van der Waals surface area contributed by atoms with Crippen LogP contribution in [0.15, 0.2) is 150 Å². The second-order valence-corrected chi connectivity index (χ2v) is 13.4. The number of fused-ring (bicyclic) bond motifs is 3. The van der Waals surface area contributed by atoms with E-state index in [-0.39, 0.29) is 0 Å². The van der Waals surface area contributed by atoms with Gasteiger partial charge in [-0.25, -0.2) is 0 Å². The zero-order valence-corrected chi connectivity index (χ0v) is 26.2. The summed E-state index contributed by atoms with van der Waals surface area (Å²) in [5.74, 6) is 0.941. The van der Waals surface area contributed by atoms with Gasteiger partial charge < -0.3 is 4.90 Å². The Balaban J connectivity index is 1.11. The number of nitrogens with zero attached hydrogens (tertiary/aromatic N) is 1. The summed E-state index contributed by atoms with van der Waals surface area (Å²) < 4.78 is 0. The highest BCUT2D eigenvalue weighted by molar-refractivity contribution is 8.03.